The number of nitrogens with zero attached hydrogens (tertiary/aromatic N) is 1. The lowest BCUT2D eigenvalue weighted by molar-refractivity contribution is 0.660. The topological polar surface area (TPSA) is 3.24 Å². The van der Waals surface area contributed by atoms with Gasteiger partial charge in [-0.3, -0.25) is 0 Å². The summed E-state index contributed by atoms with van der Waals surface area (Å²) in [4.78, 5) is 2.55. The lowest BCUT2D eigenvalue weighted by Gasteiger charge is -2.33. The maximum absolute atomic E-state index is 2.55. The molecule has 314 valence electrons. The van der Waals surface area contributed by atoms with E-state index in [1.807, 2.05) is 0 Å². The molecule has 0 fully saturated rings. The second-order valence-electron chi connectivity index (χ2n) is 18.5. The van der Waals surface area contributed by atoms with Gasteiger partial charge in [0, 0.05) is 27.5 Å². The molecule has 2 aliphatic carbocycles. The fourth-order valence-electron chi connectivity index (χ4n) is 11.3. The summed E-state index contributed by atoms with van der Waals surface area (Å²) in [5, 5.41) is 0. The fraction of sp³-hybridized carbons (Fsp3) is 0.0769. The smallest absolute Gasteiger partial charge is 0.0540 e. The van der Waals surface area contributed by atoms with E-state index < -0.39 is 0 Å². The van der Waals surface area contributed by atoms with E-state index in [0.29, 0.717) is 0 Å². The number of rotatable bonds is 8. The van der Waals surface area contributed by atoms with Gasteiger partial charge in [-0.15, -0.1) is 0 Å². The second-order valence-corrected chi connectivity index (χ2v) is 18.5. The van der Waals surface area contributed by atoms with Crippen molar-refractivity contribution in [1.29, 1.82) is 0 Å². The molecular weight excluding hydrogens is 795 g/mol. The van der Waals surface area contributed by atoms with Gasteiger partial charge in [-0.1, -0.05) is 226 Å². The SMILES string of the molecule is CC1(C)c2ccccc2-c2c(-c3ccccc3N(c3ccccc3-c3ccc4c(c3)C(C)(c3ccccc3)c3ccccc3-4)c3ccc(-c4ccccc4)cc3-c3ccccc3)cccc21. The summed E-state index contributed by atoms with van der Waals surface area (Å²) in [6.07, 6.45) is 0. The number of fused-ring (bicyclic) bond motifs is 6. The van der Waals surface area contributed by atoms with Gasteiger partial charge < -0.3 is 4.90 Å². The highest BCUT2D eigenvalue weighted by molar-refractivity contribution is 6.02. The van der Waals surface area contributed by atoms with Crippen LogP contribution >= 0.6 is 0 Å². The third kappa shape index (κ3) is 6.15. The number of hydrogen-bond acceptors (Lipinski definition) is 1. The minimum Gasteiger partial charge on any atom is -0.309 e. The van der Waals surface area contributed by atoms with E-state index in [-0.39, 0.29) is 10.8 Å². The van der Waals surface area contributed by atoms with E-state index in [9.17, 15) is 0 Å². The molecule has 0 spiro atoms. The summed E-state index contributed by atoms with van der Waals surface area (Å²) in [6, 6.07) is 89.9. The molecule has 0 heterocycles. The summed E-state index contributed by atoms with van der Waals surface area (Å²) in [6.45, 7) is 7.14. The van der Waals surface area contributed by atoms with Gasteiger partial charge in [0.05, 0.1) is 17.1 Å². The van der Waals surface area contributed by atoms with Crippen LogP contribution in [0.4, 0.5) is 17.1 Å². The van der Waals surface area contributed by atoms with Crippen molar-refractivity contribution in [2.45, 2.75) is 31.6 Å². The molecule has 66 heavy (non-hydrogen) atoms. The van der Waals surface area contributed by atoms with Gasteiger partial charge in [0.2, 0.25) is 0 Å². The molecule has 0 amide bonds. The predicted molar refractivity (Wildman–Crippen MR) is 278 cm³/mol. The van der Waals surface area contributed by atoms with Gasteiger partial charge in [0.1, 0.15) is 0 Å². The summed E-state index contributed by atoms with van der Waals surface area (Å²) in [7, 11) is 0. The highest BCUT2D eigenvalue weighted by Gasteiger charge is 2.41. The zero-order valence-electron chi connectivity index (χ0n) is 37.5. The molecule has 10 aromatic carbocycles. The largest absolute Gasteiger partial charge is 0.309 e. The molecule has 1 nitrogen and oxygen atoms in total. The molecule has 1 heteroatoms. The van der Waals surface area contributed by atoms with Crippen LogP contribution in [0.2, 0.25) is 0 Å². The Morgan fingerprint density at radius 3 is 1.50 bits per heavy atom. The molecule has 0 aromatic heterocycles. The van der Waals surface area contributed by atoms with Crippen LogP contribution < -0.4 is 4.90 Å². The molecule has 0 N–H and O–H groups in total. The summed E-state index contributed by atoms with van der Waals surface area (Å²) in [5.74, 6) is 0. The molecule has 0 bridgehead atoms. The zero-order chi connectivity index (χ0) is 44.4. The predicted octanol–water partition coefficient (Wildman–Crippen LogP) is 17.5. The fourth-order valence-corrected chi connectivity index (χ4v) is 11.3. The number of benzene rings is 10. The number of anilines is 3. The van der Waals surface area contributed by atoms with E-state index in [1.54, 1.807) is 0 Å². The molecule has 1 unspecified atom stereocenters. The van der Waals surface area contributed by atoms with Crippen molar-refractivity contribution in [3.63, 3.8) is 0 Å². The van der Waals surface area contributed by atoms with E-state index in [0.717, 1.165) is 33.8 Å². The average molecular weight is 844 g/mol. The molecular formula is C65H49N. The number of para-hydroxylation sites is 2. The Kier molecular flexibility index (Phi) is 9.36. The van der Waals surface area contributed by atoms with E-state index in [2.05, 4.69) is 268 Å². The van der Waals surface area contributed by atoms with Crippen molar-refractivity contribution in [1.82, 2.24) is 0 Å². The Balaban J connectivity index is 1.13. The Morgan fingerprint density at radius 2 is 0.773 bits per heavy atom. The lowest BCUT2D eigenvalue weighted by Crippen LogP contribution is -2.22. The molecule has 0 saturated heterocycles. The third-order valence-corrected chi connectivity index (χ3v) is 14.6. The maximum atomic E-state index is 2.55. The summed E-state index contributed by atoms with van der Waals surface area (Å²) < 4.78 is 0. The van der Waals surface area contributed by atoms with E-state index in [4.69, 9.17) is 0 Å². The Hall–Kier alpha value is -8.00. The highest BCUT2D eigenvalue weighted by atomic mass is 15.1. The standard InChI is InChI=1S/C65H49N/c1-64(2)56-33-17-14-31-54(56)63-53(32-21-35-58(63)64)52-30-16-20-37-61(52)66(62-41-39-46(44-22-7-4-8-23-44)42-55(62)45-24-9-5-10-25-45)60-36-19-15-28-49(60)47-38-40-51-50-29-13-18-34-57(50)65(3,59(51)43-47)48-26-11-6-12-27-48/h4-43H,1-3H3. The van der Waals surface area contributed by atoms with E-state index in [1.165, 1.54) is 77.9 Å². The minimum atomic E-state index is -0.323. The van der Waals surface area contributed by atoms with E-state index >= 15 is 0 Å². The van der Waals surface area contributed by atoms with Crippen LogP contribution in [-0.2, 0) is 10.8 Å². The monoisotopic (exact) mass is 843 g/mol. The highest BCUT2D eigenvalue weighted by Crippen LogP contribution is 2.57. The van der Waals surface area contributed by atoms with Crippen LogP contribution in [0.25, 0.3) is 66.8 Å². The van der Waals surface area contributed by atoms with Crippen LogP contribution in [-0.4, -0.2) is 0 Å². The van der Waals surface area contributed by atoms with Crippen molar-refractivity contribution in [2.75, 3.05) is 4.90 Å². The van der Waals surface area contributed by atoms with Gasteiger partial charge in [-0.2, -0.15) is 0 Å². The normalized spacial score (nSPS) is 15.1. The van der Waals surface area contributed by atoms with Crippen molar-refractivity contribution in [3.05, 3.63) is 270 Å². The van der Waals surface area contributed by atoms with Gasteiger partial charge in [-0.25, -0.2) is 0 Å². The van der Waals surface area contributed by atoms with Crippen LogP contribution in [0, 0.1) is 0 Å². The van der Waals surface area contributed by atoms with Gasteiger partial charge in [0.25, 0.3) is 0 Å². The van der Waals surface area contributed by atoms with Gasteiger partial charge in [0.15, 0.2) is 0 Å². The van der Waals surface area contributed by atoms with Crippen molar-refractivity contribution < 1.29 is 0 Å². The summed E-state index contributed by atoms with van der Waals surface area (Å²) in [5.41, 5.74) is 24.3. The Morgan fingerprint density at radius 1 is 0.273 bits per heavy atom. The minimum absolute atomic E-state index is 0.127. The quantitative estimate of drug-likeness (QED) is 0.147. The molecule has 12 rings (SSSR count). The Bertz CT molecular complexity index is 3450. The second kappa shape index (κ2) is 15.6. The van der Waals surface area contributed by atoms with Gasteiger partial charge in [-0.05, 0) is 115 Å². The van der Waals surface area contributed by atoms with Crippen LogP contribution in [0.1, 0.15) is 48.6 Å². The molecule has 0 aliphatic heterocycles. The molecule has 0 radical (unpaired) electrons. The lowest BCUT2D eigenvalue weighted by atomic mass is 9.74. The molecule has 2 aliphatic rings. The van der Waals surface area contributed by atoms with Crippen LogP contribution in [0.5, 0.6) is 0 Å². The molecule has 10 aromatic rings. The first kappa shape index (κ1) is 39.6. The van der Waals surface area contributed by atoms with Crippen LogP contribution in [0.15, 0.2) is 243 Å². The zero-order valence-corrected chi connectivity index (χ0v) is 37.5. The third-order valence-electron chi connectivity index (χ3n) is 14.6. The maximum Gasteiger partial charge on any atom is 0.0540 e. The van der Waals surface area contributed by atoms with Crippen LogP contribution in [0.3, 0.4) is 0 Å². The Labute approximate surface area is 389 Å². The number of hydrogen-bond donors (Lipinski definition) is 0. The molecule has 1 atom stereocenters. The molecule has 0 saturated carbocycles. The summed E-state index contributed by atoms with van der Waals surface area (Å²) >= 11 is 0. The van der Waals surface area contributed by atoms with Gasteiger partial charge >= 0.3 is 0 Å². The first-order valence-electron chi connectivity index (χ1n) is 23.2. The van der Waals surface area contributed by atoms with Crippen molar-refractivity contribution >= 4 is 17.1 Å². The van der Waals surface area contributed by atoms with Crippen molar-refractivity contribution in [2.24, 2.45) is 0 Å². The average Bonchev–Trinajstić information content (AvgIpc) is 3.79. The first-order chi connectivity index (χ1) is 32.4. The first-order valence-corrected chi connectivity index (χ1v) is 23.2. The van der Waals surface area contributed by atoms with Crippen molar-refractivity contribution in [3.8, 4) is 66.8 Å².